The molecule has 1 atom stereocenters. The number of halogens is 1. The topological polar surface area (TPSA) is 55.6 Å². The third kappa shape index (κ3) is 5.20. The molecule has 0 aromatic heterocycles. The number of benzene rings is 1. The normalized spacial score (nSPS) is 17.3. The molecule has 1 aromatic rings. The summed E-state index contributed by atoms with van der Waals surface area (Å²) in [5.41, 5.74) is 6.49. The molecule has 0 spiro atoms. The number of piperidine rings is 1. The Labute approximate surface area is 150 Å². The van der Waals surface area contributed by atoms with Gasteiger partial charge in [0.25, 0.3) is 0 Å². The van der Waals surface area contributed by atoms with Gasteiger partial charge >= 0.3 is 0 Å². The SMILES string of the molecule is CC(C)C(C(=O)N1CCC(OCCCN)CC1)c1cccc(Cl)c1. The molecule has 0 aliphatic carbocycles. The van der Waals surface area contributed by atoms with E-state index in [1.165, 1.54) is 0 Å². The van der Waals surface area contributed by atoms with Crippen molar-refractivity contribution in [3.8, 4) is 0 Å². The summed E-state index contributed by atoms with van der Waals surface area (Å²) in [6.45, 7) is 7.07. The second kappa shape index (κ2) is 9.40. The Balaban J connectivity index is 1.97. The van der Waals surface area contributed by atoms with Crippen molar-refractivity contribution >= 4 is 17.5 Å². The van der Waals surface area contributed by atoms with E-state index in [2.05, 4.69) is 13.8 Å². The van der Waals surface area contributed by atoms with Crippen LogP contribution < -0.4 is 5.73 Å². The summed E-state index contributed by atoms with van der Waals surface area (Å²) in [7, 11) is 0. The van der Waals surface area contributed by atoms with E-state index in [1.807, 2.05) is 29.2 Å². The van der Waals surface area contributed by atoms with Crippen molar-refractivity contribution in [3.05, 3.63) is 34.9 Å². The van der Waals surface area contributed by atoms with Crippen LogP contribution in [0.5, 0.6) is 0 Å². The van der Waals surface area contributed by atoms with Gasteiger partial charge < -0.3 is 15.4 Å². The fourth-order valence-electron chi connectivity index (χ4n) is 3.29. The Morgan fingerprint density at radius 1 is 1.38 bits per heavy atom. The van der Waals surface area contributed by atoms with Crippen LogP contribution in [0.15, 0.2) is 24.3 Å². The quantitative estimate of drug-likeness (QED) is 0.765. The minimum atomic E-state index is -0.140. The standard InChI is InChI=1S/C19H29ClN2O2/c1-14(2)18(15-5-3-6-16(20)13-15)19(23)22-10-7-17(8-11-22)24-12-4-9-21/h3,5-6,13-14,17-18H,4,7-12,21H2,1-2H3. The number of carbonyl (C=O) groups excluding carboxylic acids is 1. The molecule has 1 heterocycles. The number of ether oxygens (including phenoxy) is 1. The Kier molecular flexibility index (Phi) is 7.53. The number of nitrogens with two attached hydrogens (primary N) is 1. The van der Waals surface area contributed by atoms with E-state index in [1.54, 1.807) is 0 Å². The molecule has 1 aliphatic heterocycles. The molecule has 1 aliphatic rings. The van der Waals surface area contributed by atoms with E-state index in [0.29, 0.717) is 18.2 Å². The lowest BCUT2D eigenvalue weighted by Crippen LogP contribution is -2.44. The van der Waals surface area contributed by atoms with E-state index < -0.39 is 0 Å². The van der Waals surface area contributed by atoms with Crippen molar-refractivity contribution in [1.82, 2.24) is 4.90 Å². The van der Waals surface area contributed by atoms with Crippen LogP contribution in [0.25, 0.3) is 0 Å². The molecular formula is C19H29ClN2O2. The van der Waals surface area contributed by atoms with E-state index in [9.17, 15) is 4.79 Å². The van der Waals surface area contributed by atoms with E-state index in [-0.39, 0.29) is 23.8 Å². The van der Waals surface area contributed by atoms with Crippen LogP contribution in [0, 0.1) is 5.92 Å². The lowest BCUT2D eigenvalue weighted by Gasteiger charge is -2.35. The first-order valence-electron chi connectivity index (χ1n) is 8.89. The fraction of sp³-hybridized carbons (Fsp3) is 0.632. The van der Waals surface area contributed by atoms with Crippen LogP contribution in [0.1, 0.15) is 44.6 Å². The first kappa shape index (κ1) is 19.2. The summed E-state index contributed by atoms with van der Waals surface area (Å²) in [4.78, 5) is 15.0. The second-order valence-corrected chi connectivity index (χ2v) is 7.25. The molecule has 2 N–H and O–H groups in total. The molecule has 2 rings (SSSR count). The molecule has 1 aromatic carbocycles. The van der Waals surface area contributed by atoms with Gasteiger partial charge in [-0.3, -0.25) is 4.79 Å². The summed E-state index contributed by atoms with van der Waals surface area (Å²) < 4.78 is 5.82. The third-order valence-electron chi connectivity index (χ3n) is 4.60. The predicted molar refractivity (Wildman–Crippen MR) is 98.3 cm³/mol. The molecule has 1 saturated heterocycles. The highest BCUT2D eigenvalue weighted by atomic mass is 35.5. The lowest BCUT2D eigenvalue weighted by molar-refractivity contribution is -0.136. The zero-order valence-electron chi connectivity index (χ0n) is 14.7. The Hall–Kier alpha value is -1.10. The highest BCUT2D eigenvalue weighted by molar-refractivity contribution is 6.30. The molecule has 5 heteroatoms. The van der Waals surface area contributed by atoms with Crippen molar-refractivity contribution in [3.63, 3.8) is 0 Å². The minimum absolute atomic E-state index is 0.140. The molecular weight excluding hydrogens is 324 g/mol. The Morgan fingerprint density at radius 3 is 2.67 bits per heavy atom. The van der Waals surface area contributed by atoms with Crippen molar-refractivity contribution in [2.45, 2.75) is 45.1 Å². The summed E-state index contributed by atoms with van der Waals surface area (Å²) in [5.74, 6) is 0.292. The fourth-order valence-corrected chi connectivity index (χ4v) is 3.48. The Morgan fingerprint density at radius 2 is 2.08 bits per heavy atom. The maximum atomic E-state index is 13.0. The van der Waals surface area contributed by atoms with Crippen molar-refractivity contribution in [2.24, 2.45) is 11.7 Å². The van der Waals surface area contributed by atoms with E-state index >= 15 is 0 Å². The first-order valence-corrected chi connectivity index (χ1v) is 9.26. The van der Waals surface area contributed by atoms with Crippen LogP contribution >= 0.6 is 11.6 Å². The number of carbonyl (C=O) groups is 1. The first-order chi connectivity index (χ1) is 11.5. The average molecular weight is 353 g/mol. The minimum Gasteiger partial charge on any atom is -0.378 e. The van der Waals surface area contributed by atoms with E-state index in [4.69, 9.17) is 22.1 Å². The second-order valence-electron chi connectivity index (χ2n) is 6.81. The number of nitrogens with zero attached hydrogens (tertiary/aromatic N) is 1. The summed E-state index contributed by atoms with van der Waals surface area (Å²) in [5, 5.41) is 0.679. The summed E-state index contributed by atoms with van der Waals surface area (Å²) >= 11 is 6.11. The monoisotopic (exact) mass is 352 g/mol. The van der Waals surface area contributed by atoms with Gasteiger partial charge in [0.2, 0.25) is 5.91 Å². The number of likely N-dealkylation sites (tertiary alicyclic amines) is 1. The summed E-state index contributed by atoms with van der Waals surface area (Å²) in [6.07, 6.45) is 2.95. The third-order valence-corrected chi connectivity index (χ3v) is 4.83. The van der Waals surface area contributed by atoms with Crippen molar-refractivity contribution in [2.75, 3.05) is 26.2 Å². The van der Waals surface area contributed by atoms with Gasteiger partial charge in [-0.15, -0.1) is 0 Å². The molecule has 0 saturated carbocycles. The van der Waals surface area contributed by atoms with Gasteiger partial charge in [0.05, 0.1) is 12.0 Å². The van der Waals surface area contributed by atoms with Gasteiger partial charge in [-0.25, -0.2) is 0 Å². The van der Waals surface area contributed by atoms with Gasteiger partial charge in [0, 0.05) is 24.7 Å². The van der Waals surface area contributed by atoms with Crippen molar-refractivity contribution in [1.29, 1.82) is 0 Å². The molecule has 1 fully saturated rings. The van der Waals surface area contributed by atoms with Crippen LogP contribution in [0.4, 0.5) is 0 Å². The molecule has 1 amide bonds. The Bertz CT molecular complexity index is 528. The number of hydrogen-bond donors (Lipinski definition) is 1. The predicted octanol–water partition coefficient (Wildman–Crippen LogP) is 3.44. The van der Waals surface area contributed by atoms with E-state index in [0.717, 1.165) is 37.9 Å². The average Bonchev–Trinajstić information content (AvgIpc) is 2.55. The number of rotatable bonds is 7. The van der Waals surface area contributed by atoms with Gasteiger partial charge in [-0.05, 0) is 49.4 Å². The molecule has 1 unspecified atom stereocenters. The van der Waals surface area contributed by atoms with Crippen molar-refractivity contribution < 1.29 is 9.53 Å². The van der Waals surface area contributed by atoms with Crippen LogP contribution in [0.2, 0.25) is 5.02 Å². The van der Waals surface area contributed by atoms with Gasteiger partial charge in [-0.1, -0.05) is 37.6 Å². The molecule has 134 valence electrons. The largest absolute Gasteiger partial charge is 0.378 e. The van der Waals surface area contributed by atoms with Gasteiger partial charge in [0.15, 0.2) is 0 Å². The lowest BCUT2D eigenvalue weighted by atomic mass is 9.86. The van der Waals surface area contributed by atoms with Gasteiger partial charge in [0.1, 0.15) is 0 Å². The molecule has 0 bridgehead atoms. The zero-order valence-corrected chi connectivity index (χ0v) is 15.5. The van der Waals surface area contributed by atoms with Crippen LogP contribution in [-0.2, 0) is 9.53 Å². The molecule has 24 heavy (non-hydrogen) atoms. The zero-order chi connectivity index (χ0) is 17.5. The highest BCUT2D eigenvalue weighted by Crippen LogP contribution is 2.30. The molecule has 0 radical (unpaired) electrons. The number of amides is 1. The van der Waals surface area contributed by atoms with Gasteiger partial charge in [-0.2, -0.15) is 0 Å². The number of hydrogen-bond acceptors (Lipinski definition) is 3. The van der Waals surface area contributed by atoms with Crippen LogP contribution in [-0.4, -0.2) is 43.2 Å². The molecule has 4 nitrogen and oxygen atoms in total. The highest BCUT2D eigenvalue weighted by Gasteiger charge is 2.31. The smallest absolute Gasteiger partial charge is 0.230 e. The van der Waals surface area contributed by atoms with Crippen LogP contribution in [0.3, 0.4) is 0 Å². The summed E-state index contributed by atoms with van der Waals surface area (Å²) in [6, 6.07) is 7.67. The maximum Gasteiger partial charge on any atom is 0.230 e. The maximum absolute atomic E-state index is 13.0.